The van der Waals surface area contributed by atoms with E-state index in [-0.39, 0.29) is 24.3 Å². The van der Waals surface area contributed by atoms with Crippen LogP contribution in [0.25, 0.3) is 0 Å². The number of unbranched alkanes of at least 4 members (excludes halogenated alkanes) is 1. The van der Waals surface area contributed by atoms with Gasteiger partial charge in [-0.1, -0.05) is 42.5 Å². The number of halogens is 1. The second-order valence-electron chi connectivity index (χ2n) is 6.14. The maximum atomic E-state index is 11.1. The molecular formula is C20H27ClO4. The fraction of sp³-hybridized carbons (Fsp3) is 0.550. The highest BCUT2D eigenvalue weighted by Crippen LogP contribution is 2.35. The van der Waals surface area contributed by atoms with Crippen molar-refractivity contribution >= 4 is 17.6 Å². The summed E-state index contributed by atoms with van der Waals surface area (Å²) in [6, 6.07) is 10.3. The molecule has 138 valence electrons. The summed E-state index contributed by atoms with van der Waals surface area (Å²) >= 11 is 5.83. The number of ether oxygens (including phenoxy) is 3. The number of allylic oxidation sites excluding steroid dienone is 2. The van der Waals surface area contributed by atoms with Gasteiger partial charge >= 0.3 is 5.97 Å². The van der Waals surface area contributed by atoms with Crippen molar-refractivity contribution in [3.05, 3.63) is 48.0 Å². The molecule has 25 heavy (non-hydrogen) atoms. The molecule has 1 heterocycles. The minimum Gasteiger partial charge on any atom is -0.469 e. The molecule has 0 saturated carbocycles. The first-order valence-electron chi connectivity index (χ1n) is 8.84. The lowest BCUT2D eigenvalue weighted by molar-refractivity contribution is -0.238. The smallest absolute Gasteiger partial charge is 0.305 e. The standard InChI is InChI=1S/C20H27ClO4/c1-23-18(22)12-8-3-2-5-11-17-15-24-19(13-14-21)25-20(17)16-9-6-4-7-10-16/h2,4-7,9-10,17,19-20H,3,8,11-15H2,1H3/b5-2-. The molecule has 4 nitrogen and oxygen atoms in total. The van der Waals surface area contributed by atoms with Gasteiger partial charge in [0.05, 0.1) is 19.8 Å². The summed E-state index contributed by atoms with van der Waals surface area (Å²) in [5.74, 6) is 0.638. The molecule has 1 aromatic carbocycles. The predicted octanol–water partition coefficient (Wildman–Crippen LogP) is 4.64. The van der Waals surface area contributed by atoms with Crippen molar-refractivity contribution in [1.29, 1.82) is 0 Å². The second-order valence-corrected chi connectivity index (χ2v) is 6.52. The molecule has 1 aliphatic rings. The molecule has 1 saturated heterocycles. The van der Waals surface area contributed by atoms with Crippen LogP contribution in [-0.2, 0) is 19.0 Å². The third-order valence-electron chi connectivity index (χ3n) is 4.28. The molecule has 0 amide bonds. The number of alkyl halides is 1. The number of carbonyl (C=O) groups is 1. The molecule has 1 fully saturated rings. The van der Waals surface area contributed by atoms with Crippen LogP contribution in [-0.4, -0.2) is 31.9 Å². The van der Waals surface area contributed by atoms with Gasteiger partial charge in [0.2, 0.25) is 0 Å². The van der Waals surface area contributed by atoms with E-state index in [1.54, 1.807) is 0 Å². The molecule has 0 radical (unpaired) electrons. The topological polar surface area (TPSA) is 44.8 Å². The summed E-state index contributed by atoms with van der Waals surface area (Å²) < 4.78 is 16.6. The Morgan fingerprint density at radius 3 is 2.84 bits per heavy atom. The van der Waals surface area contributed by atoms with E-state index in [0.29, 0.717) is 25.3 Å². The fourth-order valence-electron chi connectivity index (χ4n) is 2.91. The Labute approximate surface area is 155 Å². The van der Waals surface area contributed by atoms with Gasteiger partial charge in [-0.05, 0) is 24.8 Å². The van der Waals surface area contributed by atoms with Crippen LogP contribution in [0.1, 0.15) is 43.8 Å². The predicted molar refractivity (Wildman–Crippen MR) is 98.5 cm³/mol. The van der Waals surface area contributed by atoms with Gasteiger partial charge in [-0.2, -0.15) is 0 Å². The highest BCUT2D eigenvalue weighted by molar-refractivity contribution is 6.17. The Morgan fingerprint density at radius 2 is 2.12 bits per heavy atom. The monoisotopic (exact) mass is 366 g/mol. The molecular weight excluding hydrogens is 340 g/mol. The molecule has 2 rings (SSSR count). The van der Waals surface area contributed by atoms with Crippen LogP contribution in [0, 0.1) is 5.92 Å². The van der Waals surface area contributed by atoms with Gasteiger partial charge in [-0.15, -0.1) is 11.6 Å². The number of carbonyl (C=O) groups excluding carboxylic acids is 1. The minimum atomic E-state index is -0.233. The highest BCUT2D eigenvalue weighted by Gasteiger charge is 2.31. The summed E-state index contributed by atoms with van der Waals surface area (Å²) in [5.41, 5.74) is 1.18. The maximum Gasteiger partial charge on any atom is 0.305 e. The van der Waals surface area contributed by atoms with Crippen molar-refractivity contribution in [3.8, 4) is 0 Å². The van der Waals surface area contributed by atoms with Crippen LogP contribution in [0.4, 0.5) is 0 Å². The lowest BCUT2D eigenvalue weighted by atomic mass is 9.92. The molecule has 1 aromatic rings. The van der Waals surface area contributed by atoms with Crippen molar-refractivity contribution < 1.29 is 19.0 Å². The normalized spacial score (nSPS) is 23.7. The average Bonchev–Trinajstić information content (AvgIpc) is 2.66. The summed E-state index contributed by atoms with van der Waals surface area (Å²) in [4.78, 5) is 11.1. The summed E-state index contributed by atoms with van der Waals surface area (Å²) in [7, 11) is 1.42. The van der Waals surface area contributed by atoms with Gasteiger partial charge in [0, 0.05) is 24.6 Å². The highest BCUT2D eigenvalue weighted by atomic mass is 35.5. The molecule has 5 heteroatoms. The zero-order valence-electron chi connectivity index (χ0n) is 14.7. The van der Waals surface area contributed by atoms with Gasteiger partial charge in [0.15, 0.2) is 6.29 Å². The number of rotatable bonds is 9. The molecule has 3 atom stereocenters. The van der Waals surface area contributed by atoms with Gasteiger partial charge in [-0.3, -0.25) is 4.79 Å². The van der Waals surface area contributed by atoms with E-state index in [4.69, 9.17) is 21.1 Å². The van der Waals surface area contributed by atoms with E-state index in [1.807, 2.05) is 18.2 Å². The number of benzene rings is 1. The van der Waals surface area contributed by atoms with E-state index < -0.39 is 0 Å². The van der Waals surface area contributed by atoms with Crippen molar-refractivity contribution in [2.45, 2.75) is 44.5 Å². The lowest BCUT2D eigenvalue weighted by Crippen LogP contribution is -2.35. The fourth-order valence-corrected chi connectivity index (χ4v) is 3.09. The van der Waals surface area contributed by atoms with E-state index in [1.165, 1.54) is 12.7 Å². The SMILES string of the molecule is COC(=O)CCC/C=C\CC1COC(CCCl)OC1c1ccccc1. The van der Waals surface area contributed by atoms with E-state index in [0.717, 1.165) is 19.3 Å². The summed E-state index contributed by atoms with van der Waals surface area (Å²) in [5, 5.41) is 0. The van der Waals surface area contributed by atoms with Crippen LogP contribution < -0.4 is 0 Å². The Hall–Kier alpha value is -1.36. The Kier molecular flexibility index (Phi) is 9.02. The number of hydrogen-bond donors (Lipinski definition) is 0. The zero-order chi connectivity index (χ0) is 17.9. The number of methoxy groups -OCH3 is 1. The lowest BCUT2D eigenvalue weighted by Gasteiger charge is -2.36. The summed E-state index contributed by atoms with van der Waals surface area (Å²) in [6.45, 7) is 0.660. The van der Waals surface area contributed by atoms with Crippen LogP contribution in [0.5, 0.6) is 0 Å². The molecule has 0 spiro atoms. The Balaban J connectivity index is 1.87. The quantitative estimate of drug-likeness (QED) is 0.276. The largest absolute Gasteiger partial charge is 0.469 e. The first-order chi connectivity index (χ1) is 12.2. The van der Waals surface area contributed by atoms with Crippen LogP contribution in [0.15, 0.2) is 42.5 Å². The molecule has 0 bridgehead atoms. The van der Waals surface area contributed by atoms with Crippen LogP contribution >= 0.6 is 11.6 Å². The third-order valence-corrected chi connectivity index (χ3v) is 4.50. The van der Waals surface area contributed by atoms with E-state index >= 15 is 0 Å². The van der Waals surface area contributed by atoms with Gasteiger partial charge in [0.1, 0.15) is 0 Å². The number of hydrogen-bond acceptors (Lipinski definition) is 4. The second kappa shape index (κ2) is 11.3. The summed E-state index contributed by atoms with van der Waals surface area (Å²) in [6.07, 6.45) is 7.78. The maximum absolute atomic E-state index is 11.1. The molecule has 1 aliphatic heterocycles. The van der Waals surface area contributed by atoms with Crippen LogP contribution in [0.3, 0.4) is 0 Å². The van der Waals surface area contributed by atoms with Gasteiger partial charge < -0.3 is 14.2 Å². The van der Waals surface area contributed by atoms with Crippen molar-refractivity contribution in [2.75, 3.05) is 19.6 Å². The van der Waals surface area contributed by atoms with Crippen molar-refractivity contribution in [1.82, 2.24) is 0 Å². The van der Waals surface area contributed by atoms with Gasteiger partial charge in [-0.25, -0.2) is 0 Å². The molecule has 3 unspecified atom stereocenters. The van der Waals surface area contributed by atoms with Gasteiger partial charge in [0.25, 0.3) is 0 Å². The van der Waals surface area contributed by atoms with E-state index in [9.17, 15) is 4.79 Å². The van der Waals surface area contributed by atoms with Crippen molar-refractivity contribution in [2.24, 2.45) is 5.92 Å². The first-order valence-corrected chi connectivity index (χ1v) is 9.37. The van der Waals surface area contributed by atoms with E-state index in [2.05, 4.69) is 29.0 Å². The molecule has 0 aliphatic carbocycles. The first kappa shape index (κ1) is 20.0. The minimum absolute atomic E-state index is 0.0166. The number of esters is 1. The third kappa shape index (κ3) is 6.81. The zero-order valence-corrected chi connectivity index (χ0v) is 15.5. The average molecular weight is 367 g/mol. The van der Waals surface area contributed by atoms with Crippen LogP contribution in [0.2, 0.25) is 0 Å². The molecule has 0 aromatic heterocycles. The Bertz CT molecular complexity index is 532. The van der Waals surface area contributed by atoms with Crippen molar-refractivity contribution in [3.63, 3.8) is 0 Å². The molecule has 0 N–H and O–H groups in total. The Morgan fingerprint density at radius 1 is 1.32 bits per heavy atom.